The second kappa shape index (κ2) is 7.60. The van der Waals surface area contributed by atoms with E-state index in [-0.39, 0.29) is 17.7 Å². The van der Waals surface area contributed by atoms with Gasteiger partial charge in [-0.25, -0.2) is 0 Å². The van der Waals surface area contributed by atoms with Crippen LogP contribution in [-0.2, 0) is 14.3 Å². The maximum Gasteiger partial charge on any atom is 0.308 e. The van der Waals surface area contributed by atoms with Crippen LogP contribution < -0.4 is 11.5 Å². The molecular formula is C14H28N2O3. The van der Waals surface area contributed by atoms with Crippen LogP contribution in [0.3, 0.4) is 0 Å². The second-order valence-electron chi connectivity index (χ2n) is 6.20. The summed E-state index contributed by atoms with van der Waals surface area (Å²) in [5.74, 6) is -0.678. The molecule has 0 bridgehead atoms. The molecule has 0 radical (unpaired) electrons. The molecule has 2 atom stereocenters. The summed E-state index contributed by atoms with van der Waals surface area (Å²) < 4.78 is 5.35. The third kappa shape index (κ3) is 6.16. The fourth-order valence-corrected chi connectivity index (χ4v) is 1.58. The summed E-state index contributed by atoms with van der Waals surface area (Å²) in [7, 11) is 0. The second-order valence-corrected chi connectivity index (χ2v) is 6.20. The number of carbonyl (C=O) groups is 2. The van der Waals surface area contributed by atoms with Gasteiger partial charge in [0.1, 0.15) is 12.1 Å². The van der Waals surface area contributed by atoms with Crippen molar-refractivity contribution in [3.8, 4) is 0 Å². The zero-order valence-corrected chi connectivity index (χ0v) is 12.7. The molecule has 0 fully saturated rings. The van der Waals surface area contributed by atoms with E-state index in [2.05, 4.69) is 0 Å². The van der Waals surface area contributed by atoms with Gasteiger partial charge in [0.05, 0.1) is 5.92 Å². The van der Waals surface area contributed by atoms with Crippen LogP contribution in [0.5, 0.6) is 0 Å². The third-order valence-corrected chi connectivity index (χ3v) is 2.87. The van der Waals surface area contributed by atoms with E-state index in [1.54, 1.807) is 34.6 Å². The van der Waals surface area contributed by atoms with Gasteiger partial charge in [-0.2, -0.15) is 0 Å². The number of Topliss-reactive ketones (excluding diaryl/α,β-unsaturated/α-hetero) is 1. The van der Waals surface area contributed by atoms with Gasteiger partial charge < -0.3 is 16.2 Å². The van der Waals surface area contributed by atoms with E-state index in [9.17, 15) is 9.59 Å². The molecule has 112 valence electrons. The molecule has 0 aromatic rings. The molecule has 0 heterocycles. The SMILES string of the molecule is CC(C)C(=O)OC(CCCN)C(N)C(=O)C(C)(C)C. The van der Waals surface area contributed by atoms with Gasteiger partial charge in [-0.3, -0.25) is 9.59 Å². The molecule has 5 nitrogen and oxygen atoms in total. The molecule has 0 aliphatic heterocycles. The summed E-state index contributed by atoms with van der Waals surface area (Å²) in [6.07, 6.45) is 0.587. The lowest BCUT2D eigenvalue weighted by molar-refractivity contribution is -0.156. The van der Waals surface area contributed by atoms with E-state index in [0.29, 0.717) is 19.4 Å². The highest BCUT2D eigenvalue weighted by Gasteiger charge is 2.34. The Morgan fingerprint density at radius 2 is 1.74 bits per heavy atom. The van der Waals surface area contributed by atoms with Gasteiger partial charge in [-0.05, 0) is 19.4 Å². The van der Waals surface area contributed by atoms with E-state index < -0.39 is 17.6 Å². The summed E-state index contributed by atoms with van der Waals surface area (Å²) in [5.41, 5.74) is 10.9. The number of ether oxygens (including phenoxy) is 1. The Morgan fingerprint density at radius 3 is 2.11 bits per heavy atom. The minimum Gasteiger partial charge on any atom is -0.460 e. The summed E-state index contributed by atoms with van der Waals surface area (Å²) in [5, 5.41) is 0. The first kappa shape index (κ1) is 18.1. The van der Waals surface area contributed by atoms with Crippen molar-refractivity contribution in [2.45, 2.75) is 59.6 Å². The molecule has 4 N–H and O–H groups in total. The lowest BCUT2D eigenvalue weighted by atomic mass is 9.84. The van der Waals surface area contributed by atoms with E-state index in [0.717, 1.165) is 0 Å². The summed E-state index contributed by atoms with van der Waals surface area (Å²) in [6, 6.07) is -0.797. The van der Waals surface area contributed by atoms with Crippen molar-refractivity contribution in [2.24, 2.45) is 22.8 Å². The van der Waals surface area contributed by atoms with Gasteiger partial charge in [0.25, 0.3) is 0 Å². The molecule has 0 aromatic carbocycles. The fraction of sp³-hybridized carbons (Fsp3) is 0.857. The molecule has 5 heteroatoms. The van der Waals surface area contributed by atoms with E-state index >= 15 is 0 Å². The van der Waals surface area contributed by atoms with Crippen molar-refractivity contribution in [3.63, 3.8) is 0 Å². The Kier molecular flexibility index (Phi) is 7.23. The summed E-state index contributed by atoms with van der Waals surface area (Å²) in [6.45, 7) is 9.39. The topological polar surface area (TPSA) is 95.4 Å². The van der Waals surface area contributed by atoms with Gasteiger partial charge >= 0.3 is 5.97 Å². The van der Waals surface area contributed by atoms with Crippen molar-refractivity contribution in [1.29, 1.82) is 0 Å². The standard InChI is InChI=1S/C14H28N2O3/c1-9(2)13(18)19-10(7-6-8-15)11(16)12(17)14(3,4)5/h9-11H,6-8,15-16H2,1-5H3. The predicted octanol–water partition coefficient (Wildman–Crippen LogP) is 1.24. The van der Waals surface area contributed by atoms with Gasteiger partial charge in [0, 0.05) is 5.41 Å². The average Bonchev–Trinajstić information content (AvgIpc) is 2.30. The molecule has 0 saturated heterocycles. The minimum atomic E-state index is -0.797. The van der Waals surface area contributed by atoms with Crippen LogP contribution in [0.2, 0.25) is 0 Å². The van der Waals surface area contributed by atoms with Crippen LogP contribution in [0.15, 0.2) is 0 Å². The summed E-state index contributed by atoms with van der Waals surface area (Å²) >= 11 is 0. The monoisotopic (exact) mass is 272 g/mol. The zero-order chi connectivity index (χ0) is 15.2. The lowest BCUT2D eigenvalue weighted by Gasteiger charge is -2.28. The predicted molar refractivity (Wildman–Crippen MR) is 75.4 cm³/mol. The first-order valence-corrected chi connectivity index (χ1v) is 6.81. The first-order chi connectivity index (χ1) is 8.61. The largest absolute Gasteiger partial charge is 0.460 e. The van der Waals surface area contributed by atoms with Crippen LogP contribution in [-0.4, -0.2) is 30.4 Å². The Labute approximate surface area is 116 Å². The van der Waals surface area contributed by atoms with Gasteiger partial charge in [-0.15, -0.1) is 0 Å². The van der Waals surface area contributed by atoms with Crippen molar-refractivity contribution in [2.75, 3.05) is 6.54 Å². The Morgan fingerprint density at radius 1 is 1.21 bits per heavy atom. The van der Waals surface area contributed by atoms with Gasteiger partial charge in [0.2, 0.25) is 0 Å². The molecular weight excluding hydrogens is 244 g/mol. The number of esters is 1. The Balaban J connectivity index is 4.83. The van der Waals surface area contributed by atoms with Crippen molar-refractivity contribution >= 4 is 11.8 Å². The minimum absolute atomic E-state index is 0.105. The van der Waals surface area contributed by atoms with E-state index in [4.69, 9.17) is 16.2 Å². The van der Waals surface area contributed by atoms with Gasteiger partial charge in [-0.1, -0.05) is 34.6 Å². The van der Waals surface area contributed by atoms with Crippen molar-refractivity contribution in [3.05, 3.63) is 0 Å². The van der Waals surface area contributed by atoms with Gasteiger partial charge in [0.15, 0.2) is 5.78 Å². The molecule has 2 unspecified atom stereocenters. The Bertz CT molecular complexity index is 308. The average molecular weight is 272 g/mol. The first-order valence-electron chi connectivity index (χ1n) is 6.81. The quantitative estimate of drug-likeness (QED) is 0.680. The van der Waals surface area contributed by atoms with Crippen LogP contribution in [0.25, 0.3) is 0 Å². The number of rotatable bonds is 7. The van der Waals surface area contributed by atoms with E-state index in [1.807, 2.05) is 0 Å². The molecule has 0 spiro atoms. The highest BCUT2D eigenvalue weighted by molar-refractivity contribution is 5.89. The maximum atomic E-state index is 12.2. The molecule has 0 aliphatic carbocycles. The molecule has 0 aliphatic rings. The maximum absolute atomic E-state index is 12.2. The number of hydrogen-bond acceptors (Lipinski definition) is 5. The molecule has 0 amide bonds. The van der Waals surface area contributed by atoms with Crippen LogP contribution >= 0.6 is 0 Å². The number of ketones is 1. The molecule has 19 heavy (non-hydrogen) atoms. The normalized spacial score (nSPS) is 15.2. The number of hydrogen-bond donors (Lipinski definition) is 2. The van der Waals surface area contributed by atoms with Crippen molar-refractivity contribution in [1.82, 2.24) is 0 Å². The number of nitrogens with two attached hydrogens (primary N) is 2. The molecule has 0 aromatic heterocycles. The fourth-order valence-electron chi connectivity index (χ4n) is 1.58. The zero-order valence-electron chi connectivity index (χ0n) is 12.7. The summed E-state index contributed by atoms with van der Waals surface area (Å²) in [4.78, 5) is 23.8. The smallest absolute Gasteiger partial charge is 0.308 e. The van der Waals surface area contributed by atoms with Crippen molar-refractivity contribution < 1.29 is 14.3 Å². The highest BCUT2D eigenvalue weighted by atomic mass is 16.5. The van der Waals surface area contributed by atoms with E-state index in [1.165, 1.54) is 0 Å². The third-order valence-electron chi connectivity index (χ3n) is 2.87. The number of carbonyl (C=O) groups excluding carboxylic acids is 2. The van der Waals surface area contributed by atoms with Crippen LogP contribution in [0.4, 0.5) is 0 Å². The molecule has 0 saturated carbocycles. The van der Waals surface area contributed by atoms with Crippen LogP contribution in [0, 0.1) is 11.3 Å². The highest BCUT2D eigenvalue weighted by Crippen LogP contribution is 2.20. The Hall–Kier alpha value is -0.940. The lowest BCUT2D eigenvalue weighted by Crippen LogP contribution is -2.49. The molecule has 0 rings (SSSR count). The van der Waals surface area contributed by atoms with Crippen LogP contribution in [0.1, 0.15) is 47.5 Å².